The number of likely N-dealkylation sites (N-methyl/N-ethyl adjacent to an activating group) is 1. The first-order chi connectivity index (χ1) is 9.72. The highest BCUT2D eigenvalue weighted by molar-refractivity contribution is 5.42. The van der Waals surface area contributed by atoms with Crippen LogP contribution in [0, 0.1) is 0 Å². The number of aliphatic hydroxyl groups is 1. The van der Waals surface area contributed by atoms with Gasteiger partial charge in [-0.1, -0.05) is 6.07 Å². The summed E-state index contributed by atoms with van der Waals surface area (Å²) in [6, 6.07) is 5.52. The lowest BCUT2D eigenvalue weighted by atomic mass is 10.2. The molecular formula is C15H24N2O3. The molecule has 1 aromatic rings. The van der Waals surface area contributed by atoms with Crippen molar-refractivity contribution >= 4 is 0 Å². The Morgan fingerprint density at radius 3 is 2.55 bits per heavy atom. The van der Waals surface area contributed by atoms with E-state index in [9.17, 15) is 0 Å². The van der Waals surface area contributed by atoms with E-state index in [1.165, 1.54) is 0 Å². The molecule has 1 N–H and O–H groups in total. The molecule has 1 heterocycles. The molecule has 1 aliphatic rings. The molecule has 1 saturated heterocycles. The molecule has 0 saturated carbocycles. The van der Waals surface area contributed by atoms with Crippen molar-refractivity contribution in [2.24, 2.45) is 0 Å². The first-order valence-corrected chi connectivity index (χ1v) is 7.04. The van der Waals surface area contributed by atoms with Gasteiger partial charge in [0.25, 0.3) is 0 Å². The van der Waals surface area contributed by atoms with Gasteiger partial charge in [-0.3, -0.25) is 4.90 Å². The average Bonchev–Trinajstić information content (AvgIpc) is 2.49. The molecular weight excluding hydrogens is 256 g/mol. The summed E-state index contributed by atoms with van der Waals surface area (Å²) in [5.74, 6) is 1.41. The standard InChI is InChI=1S/C15H24N2O3/c1-16-5-7-17(8-6-16)9-10-20-14-4-3-13(12-18)11-15(14)19-2/h3-4,11,18H,5-10,12H2,1-2H3. The lowest BCUT2D eigenvalue weighted by Gasteiger charge is -2.32. The van der Waals surface area contributed by atoms with Crippen LogP contribution in [0.4, 0.5) is 0 Å². The normalized spacial score (nSPS) is 17.1. The van der Waals surface area contributed by atoms with Crippen LogP contribution in [0.25, 0.3) is 0 Å². The van der Waals surface area contributed by atoms with E-state index < -0.39 is 0 Å². The van der Waals surface area contributed by atoms with Crippen LogP contribution in [0.15, 0.2) is 18.2 Å². The maximum atomic E-state index is 9.11. The minimum atomic E-state index is 0.0118. The van der Waals surface area contributed by atoms with E-state index >= 15 is 0 Å². The van der Waals surface area contributed by atoms with Gasteiger partial charge in [0.05, 0.1) is 13.7 Å². The Labute approximate surface area is 120 Å². The van der Waals surface area contributed by atoms with E-state index in [0.29, 0.717) is 12.4 Å². The number of nitrogens with zero attached hydrogens (tertiary/aromatic N) is 2. The van der Waals surface area contributed by atoms with Crippen molar-refractivity contribution in [1.29, 1.82) is 0 Å². The molecule has 20 heavy (non-hydrogen) atoms. The van der Waals surface area contributed by atoms with Gasteiger partial charge >= 0.3 is 0 Å². The summed E-state index contributed by atoms with van der Waals surface area (Å²) in [6.07, 6.45) is 0. The monoisotopic (exact) mass is 280 g/mol. The van der Waals surface area contributed by atoms with Gasteiger partial charge in [0.1, 0.15) is 6.61 Å². The van der Waals surface area contributed by atoms with Crippen LogP contribution < -0.4 is 9.47 Å². The summed E-state index contributed by atoms with van der Waals surface area (Å²) in [5.41, 5.74) is 0.827. The third-order valence-electron chi connectivity index (χ3n) is 3.67. The highest BCUT2D eigenvalue weighted by Crippen LogP contribution is 2.28. The van der Waals surface area contributed by atoms with E-state index in [1.807, 2.05) is 18.2 Å². The van der Waals surface area contributed by atoms with Gasteiger partial charge in [0, 0.05) is 32.7 Å². The van der Waals surface area contributed by atoms with Gasteiger partial charge in [-0.05, 0) is 24.7 Å². The predicted octanol–water partition coefficient (Wildman–Crippen LogP) is 0.814. The Kier molecular flexibility index (Phi) is 5.64. The Morgan fingerprint density at radius 2 is 1.90 bits per heavy atom. The molecule has 1 aliphatic heterocycles. The largest absolute Gasteiger partial charge is 0.493 e. The van der Waals surface area contributed by atoms with Crippen molar-refractivity contribution in [2.45, 2.75) is 6.61 Å². The molecule has 0 bridgehead atoms. The minimum absolute atomic E-state index is 0.0118. The number of hydrogen-bond acceptors (Lipinski definition) is 5. The second-order valence-electron chi connectivity index (χ2n) is 5.14. The molecule has 1 fully saturated rings. The molecule has 0 atom stereocenters. The Balaban J connectivity index is 1.81. The number of rotatable bonds is 6. The number of methoxy groups -OCH3 is 1. The van der Waals surface area contributed by atoms with E-state index in [2.05, 4.69) is 16.8 Å². The summed E-state index contributed by atoms with van der Waals surface area (Å²) in [6.45, 7) is 6.03. The molecule has 5 nitrogen and oxygen atoms in total. The lowest BCUT2D eigenvalue weighted by molar-refractivity contribution is 0.133. The van der Waals surface area contributed by atoms with Gasteiger partial charge in [-0.25, -0.2) is 0 Å². The SMILES string of the molecule is COc1cc(CO)ccc1OCCN1CCN(C)CC1. The second-order valence-corrected chi connectivity index (χ2v) is 5.14. The number of aliphatic hydroxyl groups excluding tert-OH is 1. The van der Waals surface area contributed by atoms with Crippen LogP contribution in [-0.4, -0.2) is 68.4 Å². The Morgan fingerprint density at radius 1 is 1.15 bits per heavy atom. The third kappa shape index (κ3) is 4.10. The van der Waals surface area contributed by atoms with Crippen LogP contribution in [0.1, 0.15) is 5.56 Å². The first-order valence-electron chi connectivity index (χ1n) is 7.04. The van der Waals surface area contributed by atoms with Crippen LogP contribution >= 0.6 is 0 Å². The average molecular weight is 280 g/mol. The summed E-state index contributed by atoms with van der Waals surface area (Å²) in [4.78, 5) is 4.75. The fourth-order valence-electron chi connectivity index (χ4n) is 2.29. The first kappa shape index (κ1) is 15.1. The van der Waals surface area contributed by atoms with Crippen molar-refractivity contribution < 1.29 is 14.6 Å². The smallest absolute Gasteiger partial charge is 0.161 e. The lowest BCUT2D eigenvalue weighted by Crippen LogP contribution is -2.45. The molecule has 2 rings (SSSR count). The molecule has 0 aliphatic carbocycles. The maximum Gasteiger partial charge on any atom is 0.161 e. The van der Waals surface area contributed by atoms with E-state index in [0.717, 1.165) is 44.0 Å². The molecule has 0 aromatic heterocycles. The number of ether oxygens (including phenoxy) is 2. The van der Waals surface area contributed by atoms with Crippen molar-refractivity contribution in [3.63, 3.8) is 0 Å². The van der Waals surface area contributed by atoms with Crippen molar-refractivity contribution in [3.05, 3.63) is 23.8 Å². The molecule has 0 amide bonds. The number of benzene rings is 1. The van der Waals surface area contributed by atoms with Crippen molar-refractivity contribution in [3.8, 4) is 11.5 Å². The Hall–Kier alpha value is -1.30. The van der Waals surface area contributed by atoms with Gasteiger partial charge in [-0.15, -0.1) is 0 Å². The number of hydrogen-bond donors (Lipinski definition) is 1. The zero-order valence-corrected chi connectivity index (χ0v) is 12.3. The fraction of sp³-hybridized carbons (Fsp3) is 0.600. The van der Waals surface area contributed by atoms with Crippen LogP contribution in [0.3, 0.4) is 0 Å². The molecule has 1 aromatic carbocycles. The van der Waals surface area contributed by atoms with Crippen molar-refractivity contribution in [2.75, 3.05) is 53.5 Å². The highest BCUT2D eigenvalue weighted by atomic mass is 16.5. The summed E-state index contributed by atoms with van der Waals surface area (Å²) >= 11 is 0. The molecule has 0 spiro atoms. The molecule has 112 valence electrons. The topological polar surface area (TPSA) is 45.2 Å². The quantitative estimate of drug-likeness (QED) is 0.835. The predicted molar refractivity (Wildman–Crippen MR) is 78.3 cm³/mol. The van der Waals surface area contributed by atoms with Gasteiger partial charge in [-0.2, -0.15) is 0 Å². The van der Waals surface area contributed by atoms with Gasteiger partial charge < -0.3 is 19.5 Å². The van der Waals surface area contributed by atoms with Crippen molar-refractivity contribution in [1.82, 2.24) is 9.80 Å². The summed E-state index contributed by atoms with van der Waals surface area (Å²) in [5, 5.41) is 9.11. The minimum Gasteiger partial charge on any atom is -0.493 e. The molecule has 0 radical (unpaired) electrons. The van der Waals surface area contributed by atoms with Crippen LogP contribution in [0.5, 0.6) is 11.5 Å². The van der Waals surface area contributed by atoms with Gasteiger partial charge in [0.2, 0.25) is 0 Å². The zero-order valence-electron chi connectivity index (χ0n) is 12.3. The van der Waals surface area contributed by atoms with E-state index in [1.54, 1.807) is 7.11 Å². The van der Waals surface area contributed by atoms with Gasteiger partial charge in [0.15, 0.2) is 11.5 Å². The van der Waals surface area contributed by atoms with E-state index in [4.69, 9.17) is 14.6 Å². The highest BCUT2D eigenvalue weighted by Gasteiger charge is 2.13. The summed E-state index contributed by atoms with van der Waals surface area (Å²) < 4.78 is 11.1. The van der Waals surface area contributed by atoms with Crippen LogP contribution in [0.2, 0.25) is 0 Å². The molecule has 5 heteroatoms. The summed E-state index contributed by atoms with van der Waals surface area (Å²) in [7, 11) is 3.77. The Bertz CT molecular complexity index is 418. The fourth-order valence-corrected chi connectivity index (χ4v) is 2.29. The zero-order chi connectivity index (χ0) is 14.4. The maximum absolute atomic E-state index is 9.11. The molecule has 0 unspecified atom stereocenters. The van der Waals surface area contributed by atoms with Crippen LogP contribution in [-0.2, 0) is 6.61 Å². The third-order valence-corrected chi connectivity index (χ3v) is 3.67. The second kappa shape index (κ2) is 7.47. The number of piperazine rings is 1. The van der Waals surface area contributed by atoms with E-state index in [-0.39, 0.29) is 6.61 Å².